The lowest BCUT2D eigenvalue weighted by molar-refractivity contribution is -0.385. The van der Waals surface area contributed by atoms with Crippen LogP contribution in [0.15, 0.2) is 42.6 Å². The third-order valence-electron chi connectivity index (χ3n) is 2.88. The molecule has 0 bridgehead atoms. The Bertz CT molecular complexity index is 691. The number of nitro groups is 1. The number of halogens is 1. The molecule has 2 rings (SSSR count). The minimum Gasteiger partial charge on any atom is -0.462 e. The van der Waals surface area contributed by atoms with Crippen LogP contribution in [-0.4, -0.2) is 29.0 Å². The molecule has 2 aromatic rings. The molecule has 0 aliphatic rings. The number of pyridine rings is 1. The van der Waals surface area contributed by atoms with Crippen molar-refractivity contribution in [2.24, 2.45) is 0 Å². The molecule has 120 valence electrons. The van der Waals surface area contributed by atoms with Crippen molar-refractivity contribution in [3.63, 3.8) is 0 Å². The molecule has 0 fully saturated rings. The topological polar surface area (TPSA) is 94.4 Å². The van der Waals surface area contributed by atoms with Gasteiger partial charge in [-0.15, -0.1) is 0 Å². The van der Waals surface area contributed by atoms with Crippen molar-refractivity contribution in [1.29, 1.82) is 0 Å². The smallest absolute Gasteiger partial charge is 0.338 e. The first kappa shape index (κ1) is 16.3. The predicted molar refractivity (Wildman–Crippen MR) is 80.7 cm³/mol. The number of aromatic nitrogens is 1. The van der Waals surface area contributed by atoms with Crippen LogP contribution in [0.5, 0.6) is 0 Å². The number of anilines is 1. The number of hydrogen-bond acceptors (Lipinski definition) is 6. The molecule has 1 heterocycles. The Morgan fingerprint density at radius 1 is 1.35 bits per heavy atom. The lowest BCUT2D eigenvalue weighted by Crippen LogP contribution is -2.11. The molecule has 0 aliphatic carbocycles. The number of nitrogens with one attached hydrogen (secondary N) is 1. The van der Waals surface area contributed by atoms with E-state index in [0.29, 0.717) is 18.8 Å². The van der Waals surface area contributed by atoms with Crippen molar-refractivity contribution in [2.75, 3.05) is 18.5 Å². The average Bonchev–Trinajstić information content (AvgIpc) is 2.54. The maximum absolute atomic E-state index is 13.0. The molecule has 23 heavy (non-hydrogen) atoms. The highest BCUT2D eigenvalue weighted by Gasteiger charge is 2.08. The van der Waals surface area contributed by atoms with E-state index < -0.39 is 16.7 Å². The summed E-state index contributed by atoms with van der Waals surface area (Å²) in [5.74, 6) is -0.588. The molecule has 0 aliphatic heterocycles. The Labute approximate surface area is 131 Å². The van der Waals surface area contributed by atoms with Gasteiger partial charge >= 0.3 is 5.97 Å². The molecule has 0 atom stereocenters. The van der Waals surface area contributed by atoms with Gasteiger partial charge in [0.15, 0.2) is 0 Å². The average molecular weight is 319 g/mol. The Balaban J connectivity index is 1.69. The number of hydrogen-bond donors (Lipinski definition) is 1. The second kappa shape index (κ2) is 7.83. The van der Waals surface area contributed by atoms with E-state index in [1.807, 2.05) is 0 Å². The van der Waals surface area contributed by atoms with Crippen molar-refractivity contribution < 1.29 is 18.8 Å². The zero-order chi connectivity index (χ0) is 16.7. The summed E-state index contributed by atoms with van der Waals surface area (Å²) >= 11 is 0. The second-order valence-electron chi connectivity index (χ2n) is 4.59. The van der Waals surface area contributed by atoms with Gasteiger partial charge in [-0.3, -0.25) is 10.1 Å². The largest absolute Gasteiger partial charge is 0.462 e. The fourth-order valence-electron chi connectivity index (χ4n) is 1.75. The maximum Gasteiger partial charge on any atom is 0.338 e. The van der Waals surface area contributed by atoms with Gasteiger partial charge in [0.2, 0.25) is 0 Å². The first-order valence-corrected chi connectivity index (χ1v) is 6.83. The van der Waals surface area contributed by atoms with Crippen LogP contribution < -0.4 is 5.32 Å². The van der Waals surface area contributed by atoms with E-state index in [1.54, 1.807) is 0 Å². The third kappa shape index (κ3) is 5.03. The van der Waals surface area contributed by atoms with Gasteiger partial charge in [0.05, 0.1) is 17.1 Å². The maximum atomic E-state index is 13.0. The summed E-state index contributed by atoms with van der Waals surface area (Å²) in [7, 11) is 0. The second-order valence-corrected chi connectivity index (χ2v) is 4.59. The van der Waals surface area contributed by atoms with Crippen molar-refractivity contribution in [3.8, 4) is 0 Å². The van der Waals surface area contributed by atoms with Gasteiger partial charge in [0.25, 0.3) is 5.69 Å². The molecule has 8 heteroatoms. The molecule has 7 nitrogen and oxygen atoms in total. The minimum atomic E-state index is -0.585. The summed E-state index contributed by atoms with van der Waals surface area (Å²) in [6, 6.07) is 8.12. The number of nitrogens with zero attached hydrogens (tertiary/aromatic N) is 2. The van der Waals surface area contributed by atoms with Crippen LogP contribution in [0.3, 0.4) is 0 Å². The number of carbonyl (C=O) groups is 1. The van der Waals surface area contributed by atoms with Gasteiger partial charge in [-0.1, -0.05) is 6.07 Å². The van der Waals surface area contributed by atoms with Crippen LogP contribution in [0, 0.1) is 15.9 Å². The van der Waals surface area contributed by atoms with Gasteiger partial charge in [-0.05, 0) is 30.7 Å². The zero-order valence-corrected chi connectivity index (χ0v) is 12.1. The SMILES string of the molecule is O=C(OCCCNc1ccc([N+](=O)[O-])cn1)c1cccc(F)c1. The van der Waals surface area contributed by atoms with Crippen LogP contribution in [0.2, 0.25) is 0 Å². The van der Waals surface area contributed by atoms with Crippen molar-refractivity contribution in [3.05, 3.63) is 64.1 Å². The molecule has 0 amide bonds. The summed E-state index contributed by atoms with van der Waals surface area (Å²) in [6.07, 6.45) is 1.67. The molecule has 1 N–H and O–H groups in total. The quantitative estimate of drug-likeness (QED) is 0.365. The zero-order valence-electron chi connectivity index (χ0n) is 12.1. The molecule has 1 aromatic carbocycles. The van der Waals surface area contributed by atoms with Gasteiger partial charge in [0, 0.05) is 12.6 Å². The van der Waals surface area contributed by atoms with Gasteiger partial charge in [-0.25, -0.2) is 14.2 Å². The minimum absolute atomic E-state index is 0.0837. The molecule has 1 aromatic heterocycles. The number of rotatable bonds is 7. The Morgan fingerprint density at radius 3 is 2.83 bits per heavy atom. The van der Waals surface area contributed by atoms with Gasteiger partial charge in [0.1, 0.15) is 17.8 Å². The molecule has 0 saturated heterocycles. The number of benzene rings is 1. The van der Waals surface area contributed by atoms with E-state index in [2.05, 4.69) is 10.3 Å². The lowest BCUT2D eigenvalue weighted by atomic mass is 10.2. The molecule has 0 saturated carbocycles. The van der Waals surface area contributed by atoms with E-state index in [-0.39, 0.29) is 17.9 Å². The van der Waals surface area contributed by atoms with Crippen LogP contribution in [0.25, 0.3) is 0 Å². The highest BCUT2D eigenvalue weighted by molar-refractivity contribution is 5.89. The van der Waals surface area contributed by atoms with Crippen LogP contribution >= 0.6 is 0 Å². The Kier molecular flexibility index (Phi) is 5.56. The molecular formula is C15H14FN3O4. The summed E-state index contributed by atoms with van der Waals surface area (Å²) in [4.78, 5) is 25.5. The van der Waals surface area contributed by atoms with Crippen LogP contribution in [0.1, 0.15) is 16.8 Å². The van der Waals surface area contributed by atoms with Crippen molar-refractivity contribution in [1.82, 2.24) is 4.98 Å². The molecule has 0 radical (unpaired) electrons. The summed E-state index contributed by atoms with van der Waals surface area (Å²) < 4.78 is 18.0. The Morgan fingerprint density at radius 2 is 2.17 bits per heavy atom. The molecular weight excluding hydrogens is 305 g/mol. The van der Waals surface area contributed by atoms with Crippen LogP contribution in [0.4, 0.5) is 15.9 Å². The summed E-state index contributed by atoms with van der Waals surface area (Å²) in [5, 5.41) is 13.4. The van der Waals surface area contributed by atoms with E-state index in [0.717, 1.165) is 12.3 Å². The highest BCUT2D eigenvalue weighted by Crippen LogP contribution is 2.11. The van der Waals surface area contributed by atoms with E-state index in [9.17, 15) is 19.3 Å². The fourth-order valence-corrected chi connectivity index (χ4v) is 1.75. The summed E-state index contributed by atoms with van der Waals surface area (Å²) in [6.45, 7) is 0.635. The lowest BCUT2D eigenvalue weighted by Gasteiger charge is -2.06. The number of ether oxygens (including phenoxy) is 1. The normalized spacial score (nSPS) is 10.1. The molecule has 0 unspecified atom stereocenters. The standard InChI is InChI=1S/C15H14FN3O4/c16-12-4-1-3-11(9-12)15(20)23-8-2-7-17-14-6-5-13(10-18-14)19(21)22/h1,3-6,9-10H,2,7-8H2,(H,17,18). The van der Waals surface area contributed by atoms with Gasteiger partial charge < -0.3 is 10.1 Å². The monoisotopic (exact) mass is 319 g/mol. The number of esters is 1. The fraction of sp³-hybridized carbons (Fsp3) is 0.200. The Hall–Kier alpha value is -3.03. The third-order valence-corrected chi connectivity index (χ3v) is 2.88. The van der Waals surface area contributed by atoms with Gasteiger partial charge in [-0.2, -0.15) is 0 Å². The summed E-state index contributed by atoms with van der Waals surface area (Å²) in [5.41, 5.74) is 0.0783. The van der Waals surface area contributed by atoms with E-state index in [1.165, 1.54) is 30.3 Å². The van der Waals surface area contributed by atoms with E-state index >= 15 is 0 Å². The predicted octanol–water partition coefficient (Wildman–Crippen LogP) is 2.79. The number of carbonyl (C=O) groups excluding carboxylic acids is 1. The van der Waals surface area contributed by atoms with Crippen LogP contribution in [-0.2, 0) is 4.74 Å². The highest BCUT2D eigenvalue weighted by atomic mass is 19.1. The molecule has 0 spiro atoms. The van der Waals surface area contributed by atoms with Crippen molar-refractivity contribution in [2.45, 2.75) is 6.42 Å². The first-order valence-electron chi connectivity index (χ1n) is 6.83. The van der Waals surface area contributed by atoms with E-state index in [4.69, 9.17) is 4.74 Å². The first-order chi connectivity index (χ1) is 11.1. The van der Waals surface area contributed by atoms with Crippen molar-refractivity contribution >= 4 is 17.5 Å².